The van der Waals surface area contributed by atoms with Gasteiger partial charge in [0.05, 0.1) is 11.8 Å². The molecule has 102 valence electrons. The molecule has 0 radical (unpaired) electrons. The van der Waals surface area contributed by atoms with Crippen LogP contribution < -0.4 is 10.2 Å². The second kappa shape index (κ2) is 5.30. The van der Waals surface area contributed by atoms with Crippen LogP contribution in [-0.4, -0.2) is 31.1 Å². The average molecular weight is 262 g/mol. The van der Waals surface area contributed by atoms with Crippen LogP contribution in [0.5, 0.6) is 0 Å². The Labute approximate surface area is 112 Å². The Balaban J connectivity index is 1.83. The number of nitrogens with zero attached hydrogens (tertiary/aromatic N) is 1. The lowest BCUT2D eigenvalue weighted by Crippen LogP contribution is -2.25. The molecule has 2 atom stereocenters. The van der Waals surface area contributed by atoms with Crippen LogP contribution in [0.15, 0.2) is 24.3 Å². The highest BCUT2D eigenvalue weighted by Gasteiger charge is 2.48. The number of carboxylic acids is 1. The van der Waals surface area contributed by atoms with Crippen LogP contribution in [-0.2, 0) is 16.1 Å². The summed E-state index contributed by atoms with van der Waals surface area (Å²) >= 11 is 0. The van der Waals surface area contributed by atoms with Crippen molar-refractivity contribution in [2.45, 2.75) is 13.0 Å². The van der Waals surface area contributed by atoms with E-state index in [2.05, 4.69) is 5.32 Å². The summed E-state index contributed by atoms with van der Waals surface area (Å²) in [6.07, 6.45) is 0.459. The van der Waals surface area contributed by atoms with Gasteiger partial charge in [-0.15, -0.1) is 0 Å². The molecule has 1 saturated carbocycles. The second-order valence-corrected chi connectivity index (χ2v) is 5.07. The lowest BCUT2D eigenvalue weighted by Gasteiger charge is -2.12. The van der Waals surface area contributed by atoms with E-state index in [0.29, 0.717) is 13.0 Å². The van der Waals surface area contributed by atoms with Crippen molar-refractivity contribution in [1.82, 2.24) is 5.32 Å². The molecule has 0 saturated heterocycles. The third-order valence-electron chi connectivity index (χ3n) is 3.36. The predicted octanol–water partition coefficient (Wildman–Crippen LogP) is 1.09. The van der Waals surface area contributed by atoms with Gasteiger partial charge in [0.2, 0.25) is 5.91 Å². The summed E-state index contributed by atoms with van der Waals surface area (Å²) in [5.41, 5.74) is 2.11. The van der Waals surface area contributed by atoms with Crippen LogP contribution in [0.4, 0.5) is 5.69 Å². The van der Waals surface area contributed by atoms with Gasteiger partial charge < -0.3 is 15.3 Å². The first-order valence-corrected chi connectivity index (χ1v) is 6.26. The third-order valence-corrected chi connectivity index (χ3v) is 3.36. The van der Waals surface area contributed by atoms with Gasteiger partial charge in [0, 0.05) is 26.3 Å². The van der Waals surface area contributed by atoms with Crippen molar-refractivity contribution in [3.8, 4) is 0 Å². The summed E-state index contributed by atoms with van der Waals surface area (Å²) in [5, 5.41) is 11.5. The molecule has 1 fully saturated rings. The van der Waals surface area contributed by atoms with E-state index >= 15 is 0 Å². The van der Waals surface area contributed by atoms with Crippen molar-refractivity contribution < 1.29 is 14.7 Å². The van der Waals surface area contributed by atoms with Gasteiger partial charge in [-0.2, -0.15) is 0 Å². The van der Waals surface area contributed by atoms with Gasteiger partial charge in [-0.1, -0.05) is 12.1 Å². The van der Waals surface area contributed by atoms with Crippen molar-refractivity contribution in [3.05, 3.63) is 29.8 Å². The summed E-state index contributed by atoms with van der Waals surface area (Å²) in [7, 11) is 3.94. The first kappa shape index (κ1) is 13.4. The molecule has 1 aliphatic carbocycles. The van der Waals surface area contributed by atoms with E-state index in [1.54, 1.807) is 0 Å². The maximum absolute atomic E-state index is 11.7. The quantitative estimate of drug-likeness (QED) is 0.833. The van der Waals surface area contributed by atoms with Gasteiger partial charge in [-0.25, -0.2) is 0 Å². The molecule has 5 heteroatoms. The molecular weight excluding hydrogens is 244 g/mol. The van der Waals surface area contributed by atoms with Crippen LogP contribution in [0.3, 0.4) is 0 Å². The van der Waals surface area contributed by atoms with Crippen LogP contribution >= 0.6 is 0 Å². The SMILES string of the molecule is CN(C)c1ccc(CNC(=O)[C@@H]2C[C@@H]2C(=O)O)cc1. The van der Waals surface area contributed by atoms with Crippen LogP contribution in [0, 0.1) is 11.8 Å². The van der Waals surface area contributed by atoms with E-state index in [0.717, 1.165) is 11.3 Å². The Bertz CT molecular complexity index is 482. The van der Waals surface area contributed by atoms with Crippen molar-refractivity contribution in [1.29, 1.82) is 0 Å². The number of carbonyl (C=O) groups excluding carboxylic acids is 1. The van der Waals surface area contributed by atoms with E-state index in [1.807, 2.05) is 43.3 Å². The standard InChI is InChI=1S/C14H18N2O3/c1-16(2)10-5-3-9(4-6-10)8-15-13(17)11-7-12(11)14(18)19/h3-6,11-12H,7-8H2,1-2H3,(H,15,17)(H,18,19)/t11-,12+/m1/s1. The molecule has 2 rings (SSSR count). The largest absolute Gasteiger partial charge is 0.481 e. The topological polar surface area (TPSA) is 69.6 Å². The molecule has 0 aliphatic heterocycles. The zero-order valence-corrected chi connectivity index (χ0v) is 11.1. The molecule has 2 N–H and O–H groups in total. The van der Waals surface area contributed by atoms with Crippen LogP contribution in [0.1, 0.15) is 12.0 Å². The fourth-order valence-corrected chi connectivity index (χ4v) is 1.99. The lowest BCUT2D eigenvalue weighted by atomic mass is 10.2. The van der Waals surface area contributed by atoms with Gasteiger partial charge in [-0.3, -0.25) is 9.59 Å². The Kier molecular flexibility index (Phi) is 3.74. The van der Waals surface area contributed by atoms with Crippen molar-refractivity contribution >= 4 is 17.6 Å². The van der Waals surface area contributed by atoms with Gasteiger partial charge >= 0.3 is 5.97 Å². The van der Waals surface area contributed by atoms with Gasteiger partial charge in [0.1, 0.15) is 0 Å². The first-order valence-electron chi connectivity index (χ1n) is 6.26. The maximum atomic E-state index is 11.7. The smallest absolute Gasteiger partial charge is 0.307 e. The van der Waals surface area contributed by atoms with E-state index in [4.69, 9.17) is 5.11 Å². The minimum Gasteiger partial charge on any atom is -0.481 e. The molecule has 0 unspecified atom stereocenters. The van der Waals surface area contributed by atoms with E-state index in [-0.39, 0.29) is 11.8 Å². The molecule has 19 heavy (non-hydrogen) atoms. The Hall–Kier alpha value is -2.04. The highest BCUT2D eigenvalue weighted by atomic mass is 16.4. The van der Waals surface area contributed by atoms with Gasteiger partial charge in [0.15, 0.2) is 0 Å². The summed E-state index contributed by atoms with van der Waals surface area (Å²) in [6, 6.07) is 7.88. The minimum atomic E-state index is -0.879. The maximum Gasteiger partial charge on any atom is 0.307 e. The first-order chi connectivity index (χ1) is 8.99. The number of carboxylic acid groups (broad SMARTS) is 1. The number of benzene rings is 1. The molecular formula is C14H18N2O3. The number of hydrogen-bond donors (Lipinski definition) is 2. The molecule has 0 bridgehead atoms. The Morgan fingerprint density at radius 3 is 2.37 bits per heavy atom. The second-order valence-electron chi connectivity index (χ2n) is 5.07. The van der Waals surface area contributed by atoms with Crippen molar-refractivity contribution in [2.75, 3.05) is 19.0 Å². The average Bonchev–Trinajstić information content (AvgIpc) is 3.16. The fraction of sp³-hybridized carbons (Fsp3) is 0.429. The number of aliphatic carboxylic acids is 1. The van der Waals surface area contributed by atoms with Crippen molar-refractivity contribution in [2.24, 2.45) is 11.8 Å². The normalized spacial score (nSPS) is 20.7. The lowest BCUT2D eigenvalue weighted by molar-refractivity contribution is -0.140. The molecule has 1 aromatic carbocycles. The molecule has 0 aromatic heterocycles. The Morgan fingerprint density at radius 1 is 1.26 bits per heavy atom. The summed E-state index contributed by atoms with van der Waals surface area (Å²) in [6.45, 7) is 0.440. The molecule has 1 aromatic rings. The number of amides is 1. The molecule has 0 spiro atoms. The van der Waals surface area contributed by atoms with Crippen LogP contribution in [0.2, 0.25) is 0 Å². The number of carbonyl (C=O) groups is 2. The number of anilines is 1. The highest BCUT2D eigenvalue weighted by Crippen LogP contribution is 2.38. The predicted molar refractivity (Wildman–Crippen MR) is 71.8 cm³/mol. The zero-order valence-electron chi connectivity index (χ0n) is 11.1. The van der Waals surface area contributed by atoms with Crippen molar-refractivity contribution in [3.63, 3.8) is 0 Å². The number of hydrogen-bond acceptors (Lipinski definition) is 3. The number of nitrogens with one attached hydrogen (secondary N) is 1. The fourth-order valence-electron chi connectivity index (χ4n) is 1.99. The molecule has 1 amide bonds. The summed E-state index contributed by atoms with van der Waals surface area (Å²) in [4.78, 5) is 24.4. The molecule has 1 aliphatic rings. The highest BCUT2D eigenvalue weighted by molar-refractivity contribution is 5.89. The summed E-state index contributed by atoms with van der Waals surface area (Å²) < 4.78 is 0. The van der Waals surface area contributed by atoms with Crippen LogP contribution in [0.25, 0.3) is 0 Å². The number of rotatable bonds is 5. The third kappa shape index (κ3) is 3.24. The summed E-state index contributed by atoms with van der Waals surface area (Å²) in [5.74, 6) is -1.88. The van der Waals surface area contributed by atoms with Gasteiger partial charge in [0.25, 0.3) is 0 Å². The monoisotopic (exact) mass is 262 g/mol. The van der Waals surface area contributed by atoms with E-state index < -0.39 is 11.9 Å². The Morgan fingerprint density at radius 2 is 1.89 bits per heavy atom. The van der Waals surface area contributed by atoms with E-state index in [9.17, 15) is 9.59 Å². The molecule has 5 nitrogen and oxygen atoms in total. The zero-order chi connectivity index (χ0) is 14.0. The van der Waals surface area contributed by atoms with E-state index in [1.165, 1.54) is 0 Å². The molecule has 0 heterocycles. The van der Waals surface area contributed by atoms with Gasteiger partial charge in [-0.05, 0) is 24.1 Å². The minimum absolute atomic E-state index is 0.163.